The zero-order valence-electron chi connectivity index (χ0n) is 9.04. The highest BCUT2D eigenvalue weighted by atomic mass is 16.5. The molecule has 0 spiro atoms. The van der Waals surface area contributed by atoms with Gasteiger partial charge in [-0.1, -0.05) is 6.08 Å². The average molecular weight is 186 g/mol. The van der Waals surface area contributed by atoms with Crippen LogP contribution in [0.15, 0.2) is 12.2 Å². The predicted octanol–water partition coefficient (Wildman–Crippen LogP) is 1.20. The Bertz CT molecular complexity index is 180. The van der Waals surface area contributed by atoms with Crippen molar-refractivity contribution in [3.63, 3.8) is 0 Å². The van der Waals surface area contributed by atoms with Crippen LogP contribution in [-0.4, -0.2) is 44.7 Å². The van der Waals surface area contributed by atoms with Crippen LogP contribution in [0, 0.1) is 0 Å². The van der Waals surface area contributed by atoms with E-state index < -0.39 is 0 Å². The third-order valence-corrected chi connectivity index (χ3v) is 1.52. The van der Waals surface area contributed by atoms with Gasteiger partial charge >= 0.3 is 5.97 Å². The van der Waals surface area contributed by atoms with Crippen molar-refractivity contribution in [2.24, 2.45) is 0 Å². The van der Waals surface area contributed by atoms with E-state index in [0.717, 1.165) is 17.4 Å². The molecule has 3 heteroatoms. The third kappa shape index (κ3) is 9.08. The molecule has 0 bridgehead atoms. The van der Waals surface area contributed by atoms with E-state index in [0.29, 0.717) is 6.61 Å². The number of rotatable bonds is 5. The van der Waals surface area contributed by atoms with Crippen LogP contribution in [0.3, 0.4) is 0 Å². The molecule has 0 fully saturated rings. The normalized spacial score (nSPS) is 12.0. The molecule has 0 saturated heterocycles. The van der Waals surface area contributed by atoms with Gasteiger partial charge in [0.1, 0.15) is 0 Å². The number of quaternary nitrogens is 1. The van der Waals surface area contributed by atoms with E-state index in [1.807, 2.05) is 0 Å². The van der Waals surface area contributed by atoms with Crippen molar-refractivity contribution >= 4 is 5.97 Å². The van der Waals surface area contributed by atoms with E-state index >= 15 is 0 Å². The molecule has 0 atom stereocenters. The van der Waals surface area contributed by atoms with Crippen molar-refractivity contribution < 1.29 is 14.0 Å². The van der Waals surface area contributed by atoms with E-state index in [-0.39, 0.29) is 5.97 Å². The summed E-state index contributed by atoms with van der Waals surface area (Å²) in [5.41, 5.74) is 0. The summed E-state index contributed by atoms with van der Waals surface area (Å²) >= 11 is 0. The van der Waals surface area contributed by atoms with Crippen LogP contribution in [-0.2, 0) is 9.53 Å². The number of nitrogens with zero attached hydrogens (tertiary/aromatic N) is 1. The minimum Gasteiger partial charge on any atom is -0.462 e. The molecule has 13 heavy (non-hydrogen) atoms. The van der Waals surface area contributed by atoms with Crippen LogP contribution in [0.25, 0.3) is 0 Å². The quantitative estimate of drug-likeness (QED) is 0.279. The van der Waals surface area contributed by atoms with Gasteiger partial charge in [0.2, 0.25) is 0 Å². The van der Waals surface area contributed by atoms with Crippen molar-refractivity contribution in [3.8, 4) is 0 Å². The van der Waals surface area contributed by atoms with Gasteiger partial charge < -0.3 is 9.22 Å². The minimum absolute atomic E-state index is 0.246. The van der Waals surface area contributed by atoms with E-state index in [2.05, 4.69) is 21.1 Å². The molecule has 0 aromatic heterocycles. The first-order valence-electron chi connectivity index (χ1n) is 4.55. The molecule has 0 rings (SSSR count). The number of hydrogen-bond donors (Lipinski definition) is 0. The maximum atomic E-state index is 10.9. The zero-order valence-corrected chi connectivity index (χ0v) is 9.04. The van der Waals surface area contributed by atoms with Crippen LogP contribution in [0.5, 0.6) is 0 Å². The van der Waals surface area contributed by atoms with Gasteiger partial charge in [0.15, 0.2) is 0 Å². The maximum absolute atomic E-state index is 10.9. The number of ether oxygens (including phenoxy) is 1. The van der Waals surface area contributed by atoms with E-state index in [4.69, 9.17) is 4.74 Å². The smallest absolute Gasteiger partial charge is 0.330 e. The van der Waals surface area contributed by atoms with Gasteiger partial charge in [-0.05, 0) is 6.92 Å². The number of carbonyl (C=O) groups is 1. The molecule has 0 radical (unpaired) electrons. The molecular weight excluding hydrogens is 166 g/mol. The van der Waals surface area contributed by atoms with Crippen LogP contribution in [0.2, 0.25) is 0 Å². The molecule has 0 N–H and O–H groups in total. The molecule has 3 nitrogen and oxygen atoms in total. The van der Waals surface area contributed by atoms with Crippen LogP contribution < -0.4 is 0 Å². The molecule has 76 valence electrons. The fourth-order valence-corrected chi connectivity index (χ4v) is 0.896. The Hall–Kier alpha value is -0.830. The van der Waals surface area contributed by atoms with Crippen molar-refractivity contribution in [1.29, 1.82) is 0 Å². The van der Waals surface area contributed by atoms with E-state index in [1.54, 1.807) is 13.0 Å². The second-order valence-electron chi connectivity index (χ2n) is 4.03. The fourth-order valence-electron chi connectivity index (χ4n) is 0.896. The Labute approximate surface area is 80.6 Å². The van der Waals surface area contributed by atoms with Gasteiger partial charge in [-0.25, -0.2) is 4.79 Å². The summed E-state index contributed by atoms with van der Waals surface area (Å²) in [5.74, 6) is -0.246. The summed E-state index contributed by atoms with van der Waals surface area (Å²) in [6, 6.07) is 0. The predicted molar refractivity (Wildman–Crippen MR) is 53.3 cm³/mol. The lowest BCUT2D eigenvalue weighted by molar-refractivity contribution is -0.870. The first kappa shape index (κ1) is 12.2. The first-order valence-corrected chi connectivity index (χ1v) is 4.55. The molecule has 0 unspecified atom stereocenters. The summed E-state index contributed by atoms with van der Waals surface area (Å²) in [6.45, 7) is 3.33. The van der Waals surface area contributed by atoms with Crippen molar-refractivity contribution in [2.75, 3.05) is 34.3 Å². The van der Waals surface area contributed by atoms with Crippen LogP contribution >= 0.6 is 0 Å². The lowest BCUT2D eigenvalue weighted by Gasteiger charge is -2.23. The highest BCUT2D eigenvalue weighted by molar-refractivity contribution is 5.81. The van der Waals surface area contributed by atoms with E-state index in [1.165, 1.54) is 6.08 Å². The molecule has 0 aliphatic carbocycles. The lowest BCUT2D eigenvalue weighted by Crippen LogP contribution is -2.35. The van der Waals surface area contributed by atoms with Gasteiger partial charge in [-0.3, -0.25) is 0 Å². The van der Waals surface area contributed by atoms with Crippen molar-refractivity contribution in [3.05, 3.63) is 12.2 Å². The highest BCUT2D eigenvalue weighted by Crippen LogP contribution is 1.94. The van der Waals surface area contributed by atoms with Gasteiger partial charge in [0.25, 0.3) is 0 Å². The Morgan fingerprint density at radius 2 is 2.00 bits per heavy atom. The number of esters is 1. The Kier molecular flexibility index (Phi) is 5.39. The molecule has 0 aromatic rings. The largest absolute Gasteiger partial charge is 0.462 e. The average Bonchev–Trinajstić information content (AvgIpc) is 1.97. The lowest BCUT2D eigenvalue weighted by atomic mass is 10.4. The monoisotopic (exact) mass is 186 g/mol. The third-order valence-electron chi connectivity index (χ3n) is 1.52. The van der Waals surface area contributed by atoms with Crippen molar-refractivity contribution in [2.45, 2.75) is 13.3 Å². The number of allylic oxidation sites excluding steroid dienone is 1. The van der Waals surface area contributed by atoms with Crippen molar-refractivity contribution in [1.82, 2.24) is 0 Å². The summed E-state index contributed by atoms with van der Waals surface area (Å²) < 4.78 is 5.85. The summed E-state index contributed by atoms with van der Waals surface area (Å²) in [6.07, 6.45) is 4.03. The summed E-state index contributed by atoms with van der Waals surface area (Å²) in [5, 5.41) is 0. The number of carbonyl (C=O) groups excluding carboxylic acids is 1. The Morgan fingerprint density at radius 1 is 1.38 bits per heavy atom. The minimum atomic E-state index is -0.246. The second-order valence-corrected chi connectivity index (χ2v) is 4.03. The van der Waals surface area contributed by atoms with E-state index in [9.17, 15) is 4.79 Å². The molecule has 0 amide bonds. The molecule has 0 aromatic carbocycles. The Morgan fingerprint density at radius 3 is 2.46 bits per heavy atom. The van der Waals surface area contributed by atoms with Gasteiger partial charge in [0.05, 0.1) is 34.3 Å². The summed E-state index contributed by atoms with van der Waals surface area (Å²) in [4.78, 5) is 10.9. The SMILES string of the molecule is CC=CC(=O)OCCC[N+](C)(C)C. The molecule has 0 saturated carbocycles. The second kappa shape index (κ2) is 5.75. The standard InChI is InChI=1S/C10H20NO2/c1-5-7-10(12)13-9-6-8-11(2,3)4/h5,7H,6,8-9H2,1-4H3/q+1. The van der Waals surface area contributed by atoms with Gasteiger partial charge in [-0.2, -0.15) is 0 Å². The maximum Gasteiger partial charge on any atom is 0.330 e. The molecule has 0 aliphatic rings. The molecule has 0 aliphatic heterocycles. The molecular formula is C10H20NO2+. The number of hydrogen-bond acceptors (Lipinski definition) is 2. The topological polar surface area (TPSA) is 26.3 Å². The fraction of sp³-hybridized carbons (Fsp3) is 0.700. The summed E-state index contributed by atoms with van der Waals surface area (Å²) in [7, 11) is 6.36. The van der Waals surface area contributed by atoms with Gasteiger partial charge in [-0.15, -0.1) is 0 Å². The van der Waals surface area contributed by atoms with Crippen LogP contribution in [0.4, 0.5) is 0 Å². The van der Waals surface area contributed by atoms with Crippen LogP contribution in [0.1, 0.15) is 13.3 Å². The Balaban J connectivity index is 3.41. The van der Waals surface area contributed by atoms with Gasteiger partial charge in [0, 0.05) is 12.5 Å². The first-order chi connectivity index (χ1) is 5.95. The highest BCUT2D eigenvalue weighted by Gasteiger charge is 2.06. The molecule has 0 heterocycles. The zero-order chi connectivity index (χ0) is 10.3.